The minimum Gasteiger partial charge on any atom is -0.484 e. The number of carbonyl (C=O) groups is 1. The van der Waals surface area contributed by atoms with Gasteiger partial charge in [0.1, 0.15) is 5.75 Å². The highest BCUT2D eigenvalue weighted by Crippen LogP contribution is 2.15. The second-order valence-electron chi connectivity index (χ2n) is 4.78. The number of benzene rings is 1. The zero-order chi connectivity index (χ0) is 14.9. The molecule has 1 amide bonds. The van der Waals surface area contributed by atoms with Crippen LogP contribution in [0.25, 0.3) is 0 Å². The van der Waals surface area contributed by atoms with Gasteiger partial charge in [0.25, 0.3) is 5.91 Å². The first-order valence-corrected chi connectivity index (χ1v) is 6.88. The Kier molecular flexibility index (Phi) is 5.53. The van der Waals surface area contributed by atoms with Gasteiger partial charge in [0.15, 0.2) is 6.61 Å². The van der Waals surface area contributed by atoms with Crippen LogP contribution in [0.5, 0.6) is 5.75 Å². The van der Waals surface area contributed by atoms with Gasteiger partial charge in [-0.15, -0.1) is 0 Å². The number of rotatable bonds is 5. The van der Waals surface area contributed by atoms with Crippen molar-refractivity contribution in [1.29, 1.82) is 5.26 Å². The van der Waals surface area contributed by atoms with Gasteiger partial charge in [-0.05, 0) is 49.4 Å². The summed E-state index contributed by atoms with van der Waals surface area (Å²) < 4.78 is 5.30. The first kappa shape index (κ1) is 14.8. The van der Waals surface area contributed by atoms with E-state index < -0.39 is 0 Å². The lowest BCUT2D eigenvalue weighted by Gasteiger charge is -2.11. The lowest BCUT2D eigenvalue weighted by molar-refractivity contribution is -0.123. The van der Waals surface area contributed by atoms with Gasteiger partial charge in [0, 0.05) is 6.21 Å². The molecule has 0 radical (unpaired) electrons. The summed E-state index contributed by atoms with van der Waals surface area (Å²) in [6, 6.07) is 8.61. The topological polar surface area (TPSA) is 74.5 Å². The van der Waals surface area contributed by atoms with Gasteiger partial charge in [0.2, 0.25) is 0 Å². The zero-order valence-electron chi connectivity index (χ0n) is 11.7. The summed E-state index contributed by atoms with van der Waals surface area (Å²) in [6.45, 7) is -0.103. The van der Waals surface area contributed by atoms with E-state index in [1.165, 1.54) is 0 Å². The van der Waals surface area contributed by atoms with E-state index in [-0.39, 0.29) is 12.5 Å². The first-order chi connectivity index (χ1) is 10.3. The van der Waals surface area contributed by atoms with Gasteiger partial charge in [-0.1, -0.05) is 12.2 Å². The molecule has 0 saturated heterocycles. The van der Waals surface area contributed by atoms with Crippen LogP contribution in [0.4, 0.5) is 0 Å². The maximum atomic E-state index is 11.6. The van der Waals surface area contributed by atoms with Crippen molar-refractivity contribution in [2.45, 2.75) is 19.3 Å². The molecule has 2 rings (SSSR count). The number of allylic oxidation sites excluding steroid dienone is 2. The quantitative estimate of drug-likeness (QED) is 0.512. The molecular formula is C16H17N3O2. The Bertz CT molecular complexity index is 570. The number of nitriles is 1. The largest absolute Gasteiger partial charge is 0.484 e. The van der Waals surface area contributed by atoms with Crippen molar-refractivity contribution >= 4 is 12.1 Å². The van der Waals surface area contributed by atoms with Crippen LogP contribution in [-0.2, 0) is 4.79 Å². The van der Waals surface area contributed by atoms with E-state index in [1.54, 1.807) is 30.5 Å². The van der Waals surface area contributed by atoms with Gasteiger partial charge in [-0.25, -0.2) is 5.43 Å². The second-order valence-corrected chi connectivity index (χ2v) is 4.78. The molecule has 108 valence electrons. The Hall–Kier alpha value is -2.61. The van der Waals surface area contributed by atoms with Crippen molar-refractivity contribution in [2.24, 2.45) is 11.0 Å². The van der Waals surface area contributed by atoms with E-state index in [1.807, 2.05) is 6.07 Å². The molecule has 1 unspecified atom stereocenters. The molecule has 0 bridgehead atoms. The number of nitrogens with one attached hydrogen (secondary N) is 1. The number of carbonyl (C=O) groups excluding carboxylic acids is 1. The first-order valence-electron chi connectivity index (χ1n) is 6.88. The Balaban J connectivity index is 1.70. The Morgan fingerprint density at radius 2 is 2.24 bits per heavy atom. The summed E-state index contributed by atoms with van der Waals surface area (Å²) in [7, 11) is 0. The van der Waals surface area contributed by atoms with Crippen LogP contribution in [0, 0.1) is 17.2 Å². The molecule has 0 aliphatic heterocycles. The SMILES string of the molecule is N#Cc1ccc(OCC(=O)NN=CC2CC=CCC2)cc1. The summed E-state index contributed by atoms with van der Waals surface area (Å²) in [4.78, 5) is 11.6. The molecular weight excluding hydrogens is 266 g/mol. The fraction of sp³-hybridized carbons (Fsp3) is 0.312. The summed E-state index contributed by atoms with van der Waals surface area (Å²) in [5.41, 5.74) is 3.01. The molecule has 1 aromatic rings. The van der Waals surface area contributed by atoms with Crippen LogP contribution in [0.3, 0.4) is 0 Å². The highest BCUT2D eigenvalue weighted by molar-refractivity contribution is 5.78. The molecule has 0 saturated carbocycles. The molecule has 0 spiro atoms. The van der Waals surface area contributed by atoms with Gasteiger partial charge in [0.05, 0.1) is 11.6 Å². The maximum Gasteiger partial charge on any atom is 0.277 e. The van der Waals surface area contributed by atoms with E-state index in [0.29, 0.717) is 17.2 Å². The highest BCUT2D eigenvalue weighted by atomic mass is 16.5. The zero-order valence-corrected chi connectivity index (χ0v) is 11.7. The van der Waals surface area contributed by atoms with E-state index in [0.717, 1.165) is 19.3 Å². The Morgan fingerprint density at radius 1 is 1.43 bits per heavy atom. The van der Waals surface area contributed by atoms with Crippen molar-refractivity contribution < 1.29 is 9.53 Å². The third-order valence-corrected chi connectivity index (χ3v) is 3.14. The number of nitrogens with zero attached hydrogens (tertiary/aromatic N) is 2. The molecule has 0 heterocycles. The van der Waals surface area contributed by atoms with E-state index in [4.69, 9.17) is 10.00 Å². The normalized spacial score (nSPS) is 17.4. The number of amides is 1. The van der Waals surface area contributed by atoms with Gasteiger partial charge in [-0.3, -0.25) is 4.79 Å². The second kappa shape index (κ2) is 7.85. The van der Waals surface area contributed by atoms with Crippen molar-refractivity contribution in [3.8, 4) is 11.8 Å². The average molecular weight is 283 g/mol. The lowest BCUT2D eigenvalue weighted by Crippen LogP contribution is -2.25. The molecule has 1 aromatic carbocycles. The molecule has 0 fully saturated rings. The highest BCUT2D eigenvalue weighted by Gasteiger charge is 2.07. The number of hydrazone groups is 1. The maximum absolute atomic E-state index is 11.6. The van der Waals surface area contributed by atoms with Crippen molar-refractivity contribution in [1.82, 2.24) is 5.43 Å². The van der Waals surface area contributed by atoms with Crippen molar-refractivity contribution in [3.05, 3.63) is 42.0 Å². The Labute approximate surface area is 123 Å². The molecule has 5 nitrogen and oxygen atoms in total. The third kappa shape index (κ3) is 5.11. The molecule has 0 aromatic heterocycles. The smallest absolute Gasteiger partial charge is 0.277 e. The van der Waals surface area contributed by atoms with Crippen LogP contribution < -0.4 is 10.2 Å². The Morgan fingerprint density at radius 3 is 2.90 bits per heavy atom. The van der Waals surface area contributed by atoms with Crippen LogP contribution in [-0.4, -0.2) is 18.7 Å². The van der Waals surface area contributed by atoms with Gasteiger partial charge in [-0.2, -0.15) is 10.4 Å². The number of ether oxygens (including phenoxy) is 1. The summed E-state index contributed by atoms with van der Waals surface area (Å²) >= 11 is 0. The fourth-order valence-corrected chi connectivity index (χ4v) is 1.97. The van der Waals surface area contributed by atoms with Crippen molar-refractivity contribution in [3.63, 3.8) is 0 Å². The molecule has 1 aliphatic rings. The summed E-state index contributed by atoms with van der Waals surface area (Å²) in [5, 5.41) is 12.6. The molecule has 1 atom stereocenters. The molecule has 5 heteroatoms. The monoisotopic (exact) mass is 283 g/mol. The van der Waals surface area contributed by atoms with Crippen LogP contribution in [0.2, 0.25) is 0 Å². The third-order valence-electron chi connectivity index (χ3n) is 3.14. The summed E-state index contributed by atoms with van der Waals surface area (Å²) in [6.07, 6.45) is 9.18. The predicted molar refractivity (Wildman–Crippen MR) is 79.8 cm³/mol. The summed E-state index contributed by atoms with van der Waals surface area (Å²) in [5.74, 6) is 0.641. The predicted octanol–water partition coefficient (Wildman–Crippen LogP) is 2.40. The number of hydrogen-bond acceptors (Lipinski definition) is 4. The lowest BCUT2D eigenvalue weighted by atomic mass is 9.96. The van der Waals surface area contributed by atoms with Gasteiger partial charge < -0.3 is 4.74 Å². The fourth-order valence-electron chi connectivity index (χ4n) is 1.97. The van der Waals surface area contributed by atoms with Crippen molar-refractivity contribution in [2.75, 3.05) is 6.61 Å². The average Bonchev–Trinajstić information content (AvgIpc) is 2.54. The molecule has 1 aliphatic carbocycles. The van der Waals surface area contributed by atoms with Crippen LogP contribution >= 0.6 is 0 Å². The van der Waals surface area contributed by atoms with Gasteiger partial charge >= 0.3 is 0 Å². The standard InChI is InChI=1S/C16H17N3O2/c17-10-13-6-8-15(9-7-13)21-12-16(20)19-18-11-14-4-2-1-3-5-14/h1-2,6-9,11,14H,3-5,12H2,(H,19,20). The minimum absolute atomic E-state index is 0.103. The number of hydrogen-bond donors (Lipinski definition) is 1. The van der Waals surface area contributed by atoms with E-state index >= 15 is 0 Å². The minimum atomic E-state index is -0.304. The molecule has 1 N–H and O–H groups in total. The van der Waals surface area contributed by atoms with Crippen LogP contribution in [0.15, 0.2) is 41.5 Å². The molecule has 21 heavy (non-hydrogen) atoms. The van der Waals surface area contributed by atoms with E-state index in [2.05, 4.69) is 22.7 Å². The van der Waals surface area contributed by atoms with Crippen LogP contribution in [0.1, 0.15) is 24.8 Å². The van der Waals surface area contributed by atoms with E-state index in [9.17, 15) is 4.79 Å².